The molecule has 0 spiro atoms. The van der Waals surface area contributed by atoms with Crippen LogP contribution in [0.1, 0.15) is 10.4 Å². The maximum Gasteiger partial charge on any atom is 0.270 e. The van der Waals surface area contributed by atoms with Crippen LogP contribution in [0.15, 0.2) is 54.6 Å². The minimum absolute atomic E-state index is 0.00549. The summed E-state index contributed by atoms with van der Waals surface area (Å²) >= 11 is 22.9. The maximum absolute atomic E-state index is 14.4. The Kier molecular flexibility index (Phi) is 7.32. The summed E-state index contributed by atoms with van der Waals surface area (Å²) in [4.78, 5) is 17.3. The van der Waals surface area contributed by atoms with Gasteiger partial charge in [0.25, 0.3) is 5.91 Å². The van der Waals surface area contributed by atoms with Gasteiger partial charge in [-0.3, -0.25) is 15.6 Å². The van der Waals surface area contributed by atoms with E-state index in [1.807, 2.05) is 0 Å². The summed E-state index contributed by atoms with van der Waals surface area (Å²) in [6, 6.07) is 11.1. The van der Waals surface area contributed by atoms with E-state index in [4.69, 9.17) is 47.0 Å². The van der Waals surface area contributed by atoms with Gasteiger partial charge in [-0.1, -0.05) is 34.8 Å². The van der Waals surface area contributed by atoms with E-state index in [0.717, 1.165) is 12.1 Å². The van der Waals surface area contributed by atoms with Crippen LogP contribution in [0, 0.1) is 17.5 Å². The fraction of sp³-hybridized carbons (Fsp3) is 0. The molecule has 0 atom stereocenters. The second-order valence-electron chi connectivity index (χ2n) is 7.15. The molecule has 0 unspecified atom stereocenters. The van der Waals surface area contributed by atoms with Gasteiger partial charge in [0.15, 0.2) is 5.11 Å². The van der Waals surface area contributed by atoms with Crippen LogP contribution in [0.5, 0.6) is 0 Å². The number of hydrogen-bond donors (Lipinski definition) is 3. The number of aromatic nitrogens is 1. The molecule has 1 aromatic heterocycles. The second kappa shape index (κ2) is 10.2. The number of anilines is 1. The monoisotopic (exact) mass is 554 g/mol. The molecule has 0 fully saturated rings. The summed E-state index contributed by atoms with van der Waals surface area (Å²) < 4.78 is 42.0. The molecule has 4 rings (SSSR count). The predicted molar refractivity (Wildman–Crippen MR) is 135 cm³/mol. The van der Waals surface area contributed by atoms with Crippen molar-refractivity contribution < 1.29 is 18.0 Å². The average molecular weight is 556 g/mol. The number of thiocarbonyl (C=S) groups is 1. The van der Waals surface area contributed by atoms with E-state index in [2.05, 4.69) is 21.2 Å². The highest BCUT2D eigenvalue weighted by Gasteiger charge is 2.18. The van der Waals surface area contributed by atoms with Gasteiger partial charge in [0.2, 0.25) is 0 Å². The van der Waals surface area contributed by atoms with Crippen LogP contribution in [0.4, 0.5) is 18.9 Å². The van der Waals surface area contributed by atoms with Crippen LogP contribution in [-0.2, 0) is 0 Å². The Morgan fingerprint density at radius 1 is 0.857 bits per heavy atom. The van der Waals surface area contributed by atoms with Crippen molar-refractivity contribution in [2.45, 2.75) is 0 Å². The highest BCUT2D eigenvalue weighted by atomic mass is 35.5. The largest absolute Gasteiger partial charge is 0.331 e. The molecule has 5 nitrogen and oxygen atoms in total. The smallest absolute Gasteiger partial charge is 0.270 e. The lowest BCUT2D eigenvalue weighted by Crippen LogP contribution is -2.43. The topological polar surface area (TPSA) is 66.1 Å². The third-order valence-electron chi connectivity index (χ3n) is 4.71. The number of nitrogens with one attached hydrogen (secondary N) is 3. The zero-order valence-electron chi connectivity index (χ0n) is 17.2. The van der Waals surface area contributed by atoms with E-state index in [-0.39, 0.29) is 37.9 Å². The van der Waals surface area contributed by atoms with Gasteiger partial charge >= 0.3 is 0 Å². The second-order valence-corrected chi connectivity index (χ2v) is 8.84. The zero-order chi connectivity index (χ0) is 25.3. The Labute approximate surface area is 217 Å². The summed E-state index contributed by atoms with van der Waals surface area (Å²) in [5.74, 6) is -3.18. The SMILES string of the molecule is O=C(NNC(=S)Nc1cc(Cl)cc(Cl)c1)c1cc(-c2ccc(F)cc2F)nc2cc(Cl)c(F)cc12. The number of hydrogen-bond acceptors (Lipinski definition) is 3. The Morgan fingerprint density at radius 3 is 2.26 bits per heavy atom. The van der Waals surface area contributed by atoms with Gasteiger partial charge in [0.1, 0.15) is 17.5 Å². The number of hydrazine groups is 1. The van der Waals surface area contributed by atoms with Crippen LogP contribution >= 0.6 is 47.0 Å². The minimum atomic E-state index is -0.889. The van der Waals surface area contributed by atoms with Gasteiger partial charge in [-0.15, -0.1) is 0 Å². The van der Waals surface area contributed by atoms with Crippen molar-refractivity contribution in [3.8, 4) is 11.3 Å². The Morgan fingerprint density at radius 2 is 1.57 bits per heavy atom. The Hall–Kier alpha value is -3.11. The van der Waals surface area contributed by atoms with Crippen molar-refractivity contribution in [1.82, 2.24) is 15.8 Å². The average Bonchev–Trinajstić information content (AvgIpc) is 2.77. The number of benzene rings is 3. The van der Waals surface area contributed by atoms with Gasteiger partial charge in [0.05, 0.1) is 21.8 Å². The lowest BCUT2D eigenvalue weighted by molar-refractivity contribution is 0.0946. The molecule has 178 valence electrons. The van der Waals surface area contributed by atoms with E-state index in [1.54, 1.807) is 12.1 Å². The lowest BCUT2D eigenvalue weighted by atomic mass is 10.0. The molecule has 12 heteroatoms. The minimum Gasteiger partial charge on any atom is -0.331 e. The first-order chi connectivity index (χ1) is 16.6. The standard InChI is InChI=1S/C23H12Cl3F3N4OS/c24-10-3-11(25)5-13(4-10)30-23(35)33-32-22(34)16-8-20(14-2-1-12(27)6-18(14)28)31-21-9-17(26)19(29)7-15(16)21/h1-9H,(H,32,34)(H2,30,33,35). The van der Waals surface area contributed by atoms with Gasteiger partial charge in [-0.05, 0) is 60.7 Å². The van der Waals surface area contributed by atoms with E-state index >= 15 is 0 Å². The summed E-state index contributed by atoms with van der Waals surface area (Å²) in [6.07, 6.45) is 0. The van der Waals surface area contributed by atoms with Crippen molar-refractivity contribution in [3.63, 3.8) is 0 Å². The Bertz CT molecular complexity index is 1480. The van der Waals surface area contributed by atoms with Gasteiger partial charge in [-0.2, -0.15) is 0 Å². The maximum atomic E-state index is 14.4. The number of nitrogens with zero attached hydrogens (tertiary/aromatic N) is 1. The number of carbonyl (C=O) groups is 1. The molecule has 0 bridgehead atoms. The molecule has 35 heavy (non-hydrogen) atoms. The molecular weight excluding hydrogens is 544 g/mol. The van der Waals surface area contributed by atoms with Gasteiger partial charge in [0, 0.05) is 32.7 Å². The van der Waals surface area contributed by atoms with E-state index in [9.17, 15) is 18.0 Å². The molecule has 0 aliphatic carbocycles. The van der Waals surface area contributed by atoms with Gasteiger partial charge in [-0.25, -0.2) is 18.2 Å². The van der Waals surface area contributed by atoms with Crippen molar-refractivity contribution in [1.29, 1.82) is 0 Å². The van der Waals surface area contributed by atoms with Gasteiger partial charge < -0.3 is 5.32 Å². The Balaban J connectivity index is 1.65. The summed E-state index contributed by atoms with van der Waals surface area (Å²) in [5, 5.41) is 3.40. The number of amides is 1. The molecule has 0 aliphatic heterocycles. The number of pyridine rings is 1. The quantitative estimate of drug-likeness (QED) is 0.189. The molecule has 0 radical (unpaired) electrons. The molecule has 0 saturated heterocycles. The first kappa shape index (κ1) is 25.0. The molecule has 0 saturated carbocycles. The molecule has 4 aromatic rings. The van der Waals surface area contributed by atoms with E-state index in [0.29, 0.717) is 21.8 Å². The highest BCUT2D eigenvalue weighted by Crippen LogP contribution is 2.30. The first-order valence-electron chi connectivity index (χ1n) is 9.69. The summed E-state index contributed by atoms with van der Waals surface area (Å²) in [7, 11) is 0. The number of rotatable bonds is 3. The first-order valence-corrected chi connectivity index (χ1v) is 11.2. The van der Waals surface area contributed by atoms with Crippen LogP contribution in [0.3, 0.4) is 0 Å². The van der Waals surface area contributed by atoms with Crippen molar-refractivity contribution in [2.75, 3.05) is 5.32 Å². The van der Waals surface area contributed by atoms with E-state index < -0.39 is 23.4 Å². The third kappa shape index (κ3) is 5.76. The fourth-order valence-electron chi connectivity index (χ4n) is 3.21. The summed E-state index contributed by atoms with van der Waals surface area (Å²) in [5.41, 5.74) is 5.36. The molecular formula is C23H12Cl3F3N4OS. The molecule has 1 amide bonds. The molecule has 3 aromatic carbocycles. The van der Waals surface area contributed by atoms with Crippen molar-refractivity contribution in [3.05, 3.63) is 92.7 Å². The van der Waals surface area contributed by atoms with Crippen molar-refractivity contribution >= 4 is 74.6 Å². The number of halogens is 6. The lowest BCUT2D eigenvalue weighted by Gasteiger charge is -2.14. The van der Waals surface area contributed by atoms with E-state index in [1.165, 1.54) is 24.3 Å². The third-order valence-corrected chi connectivity index (χ3v) is 5.64. The molecule has 3 N–H and O–H groups in total. The van der Waals surface area contributed by atoms with Crippen LogP contribution in [0.2, 0.25) is 15.1 Å². The normalized spacial score (nSPS) is 10.8. The molecule has 0 aliphatic rings. The summed E-state index contributed by atoms with van der Waals surface area (Å²) in [6.45, 7) is 0. The van der Waals surface area contributed by atoms with Crippen molar-refractivity contribution in [2.24, 2.45) is 0 Å². The predicted octanol–water partition coefficient (Wildman–Crippen LogP) is 6.91. The number of fused-ring (bicyclic) bond motifs is 1. The van der Waals surface area contributed by atoms with Crippen LogP contribution < -0.4 is 16.2 Å². The number of carbonyl (C=O) groups excluding carboxylic acids is 1. The fourth-order valence-corrected chi connectivity index (χ4v) is 4.07. The van der Waals surface area contributed by atoms with Crippen LogP contribution in [0.25, 0.3) is 22.2 Å². The zero-order valence-corrected chi connectivity index (χ0v) is 20.3. The highest BCUT2D eigenvalue weighted by molar-refractivity contribution is 7.80. The molecule has 1 heterocycles. The van der Waals surface area contributed by atoms with Crippen LogP contribution in [-0.4, -0.2) is 16.0 Å².